The molecule has 0 spiro atoms. The van der Waals surface area contributed by atoms with Crippen molar-refractivity contribution in [1.29, 1.82) is 0 Å². The number of benzene rings is 1. The molecular weight excluding hydrogens is 240 g/mol. The first-order chi connectivity index (χ1) is 8.52. The van der Waals surface area contributed by atoms with Gasteiger partial charge in [-0.3, -0.25) is 4.79 Å². The van der Waals surface area contributed by atoms with Gasteiger partial charge in [-0.2, -0.15) is 0 Å². The van der Waals surface area contributed by atoms with Crippen molar-refractivity contribution in [3.05, 3.63) is 42.5 Å². The third-order valence-electron chi connectivity index (χ3n) is 3.11. The Morgan fingerprint density at radius 3 is 2.50 bits per heavy atom. The van der Waals surface area contributed by atoms with Gasteiger partial charge in [0.25, 0.3) is 0 Å². The highest BCUT2D eigenvalue weighted by Gasteiger charge is 2.20. The Bertz CT molecular complexity index is 396. The summed E-state index contributed by atoms with van der Waals surface area (Å²) in [6.45, 7) is 4.73. The number of rotatable bonds is 7. The van der Waals surface area contributed by atoms with Crippen molar-refractivity contribution >= 4 is 19.2 Å². The molecule has 1 aromatic rings. The molecule has 3 heteroatoms. The van der Waals surface area contributed by atoms with Gasteiger partial charge in [0.05, 0.1) is 8.07 Å². The molecule has 0 unspecified atom stereocenters. The van der Waals surface area contributed by atoms with Crippen LogP contribution in [0.15, 0.2) is 42.5 Å². The summed E-state index contributed by atoms with van der Waals surface area (Å²) in [5.74, 6) is -0.706. The number of unbranched alkanes of at least 4 members (excludes halogenated alkanes) is 1. The number of carboxylic acids is 1. The van der Waals surface area contributed by atoms with Gasteiger partial charge < -0.3 is 5.11 Å². The summed E-state index contributed by atoms with van der Waals surface area (Å²) >= 11 is 0. The van der Waals surface area contributed by atoms with Gasteiger partial charge in [-0.1, -0.05) is 60.8 Å². The lowest BCUT2D eigenvalue weighted by molar-refractivity contribution is -0.137. The van der Waals surface area contributed by atoms with E-state index in [-0.39, 0.29) is 6.42 Å². The fourth-order valence-corrected chi connectivity index (χ4v) is 3.96. The topological polar surface area (TPSA) is 37.3 Å². The van der Waals surface area contributed by atoms with Crippen LogP contribution in [0.25, 0.3) is 0 Å². The number of allylic oxidation sites excluding steroid dienone is 2. The summed E-state index contributed by atoms with van der Waals surface area (Å²) in [6.07, 6.45) is 6.22. The zero-order valence-corrected chi connectivity index (χ0v) is 12.2. The molecule has 0 fully saturated rings. The number of carboxylic acid groups (broad SMARTS) is 1. The van der Waals surface area contributed by atoms with Gasteiger partial charge in [0.15, 0.2) is 0 Å². The van der Waals surface area contributed by atoms with E-state index in [2.05, 4.69) is 55.6 Å². The minimum absolute atomic E-state index is 0.268. The zero-order valence-electron chi connectivity index (χ0n) is 11.2. The summed E-state index contributed by atoms with van der Waals surface area (Å²) in [4.78, 5) is 10.4. The zero-order chi connectivity index (χ0) is 13.4. The molecule has 0 aromatic heterocycles. The van der Waals surface area contributed by atoms with E-state index in [1.165, 1.54) is 5.19 Å². The van der Waals surface area contributed by atoms with Gasteiger partial charge in [-0.25, -0.2) is 0 Å². The molecule has 18 heavy (non-hydrogen) atoms. The fraction of sp³-hybridized carbons (Fsp3) is 0.400. The fourth-order valence-electron chi connectivity index (χ4n) is 1.87. The first-order valence-corrected chi connectivity index (χ1v) is 9.65. The normalized spacial score (nSPS) is 11.9. The molecular formula is C15H22O2Si. The van der Waals surface area contributed by atoms with Crippen LogP contribution in [0.4, 0.5) is 0 Å². The highest BCUT2D eigenvalue weighted by molar-refractivity contribution is 6.90. The first-order valence-electron chi connectivity index (χ1n) is 6.45. The van der Waals surface area contributed by atoms with Crippen LogP contribution in [0, 0.1) is 0 Å². The SMILES string of the molecule is C[Si](C)(C/C=C/CCCC(=O)O)c1ccccc1. The maximum atomic E-state index is 10.4. The monoisotopic (exact) mass is 262 g/mol. The van der Waals surface area contributed by atoms with Crippen LogP contribution in [0.5, 0.6) is 0 Å². The lowest BCUT2D eigenvalue weighted by Gasteiger charge is -2.20. The third kappa shape index (κ3) is 5.32. The van der Waals surface area contributed by atoms with E-state index >= 15 is 0 Å². The average molecular weight is 262 g/mol. The molecule has 0 bridgehead atoms. The standard InChI is InChI=1S/C15H22O2Si/c1-18(2,14-10-6-5-7-11-14)13-9-4-3-8-12-15(16)17/h4-7,9-11H,3,8,12-13H2,1-2H3,(H,16,17)/b9-4+. The van der Waals surface area contributed by atoms with E-state index in [9.17, 15) is 4.79 Å². The van der Waals surface area contributed by atoms with Crippen LogP contribution >= 0.6 is 0 Å². The molecule has 2 nitrogen and oxygen atoms in total. The van der Waals surface area contributed by atoms with E-state index in [4.69, 9.17) is 5.11 Å². The molecule has 0 amide bonds. The van der Waals surface area contributed by atoms with Crippen molar-refractivity contribution in [2.24, 2.45) is 0 Å². The third-order valence-corrected chi connectivity index (χ3v) is 6.26. The molecule has 0 aliphatic rings. The van der Waals surface area contributed by atoms with E-state index < -0.39 is 14.0 Å². The number of hydrogen-bond donors (Lipinski definition) is 1. The molecule has 0 radical (unpaired) electrons. The Hall–Kier alpha value is -1.35. The van der Waals surface area contributed by atoms with Crippen LogP contribution in [0.1, 0.15) is 19.3 Å². The van der Waals surface area contributed by atoms with Crippen LogP contribution in [0.3, 0.4) is 0 Å². The van der Waals surface area contributed by atoms with Crippen molar-refractivity contribution < 1.29 is 9.90 Å². The quantitative estimate of drug-likeness (QED) is 0.464. The number of carbonyl (C=O) groups is 1. The number of hydrogen-bond acceptors (Lipinski definition) is 1. The Kier molecular flexibility index (Phi) is 5.85. The highest BCUT2D eigenvalue weighted by Crippen LogP contribution is 2.11. The van der Waals surface area contributed by atoms with Gasteiger partial charge in [-0.15, -0.1) is 0 Å². The smallest absolute Gasteiger partial charge is 0.303 e. The van der Waals surface area contributed by atoms with Crippen LogP contribution < -0.4 is 5.19 Å². The first kappa shape index (κ1) is 14.7. The lowest BCUT2D eigenvalue weighted by Crippen LogP contribution is -2.40. The Labute approximate surface area is 110 Å². The maximum Gasteiger partial charge on any atom is 0.303 e. The highest BCUT2D eigenvalue weighted by atomic mass is 28.3. The van der Waals surface area contributed by atoms with Gasteiger partial charge >= 0.3 is 5.97 Å². The molecule has 0 saturated heterocycles. The predicted octanol–water partition coefficient (Wildman–Crippen LogP) is 3.41. The molecule has 1 rings (SSSR count). The second kappa shape index (κ2) is 7.16. The van der Waals surface area contributed by atoms with Gasteiger partial charge in [0.1, 0.15) is 0 Å². The Morgan fingerprint density at radius 1 is 1.22 bits per heavy atom. The second-order valence-electron chi connectivity index (χ2n) is 5.21. The molecule has 0 aliphatic heterocycles. The van der Waals surface area contributed by atoms with E-state index in [0.29, 0.717) is 0 Å². The molecule has 98 valence electrons. The largest absolute Gasteiger partial charge is 0.481 e. The van der Waals surface area contributed by atoms with Gasteiger partial charge in [0, 0.05) is 6.42 Å². The van der Waals surface area contributed by atoms with Crippen molar-refractivity contribution in [2.45, 2.75) is 38.4 Å². The van der Waals surface area contributed by atoms with Gasteiger partial charge in [-0.05, 0) is 18.9 Å². The van der Waals surface area contributed by atoms with Crippen LogP contribution in [0.2, 0.25) is 19.1 Å². The van der Waals surface area contributed by atoms with Crippen LogP contribution in [-0.4, -0.2) is 19.1 Å². The van der Waals surface area contributed by atoms with Crippen molar-refractivity contribution in [1.82, 2.24) is 0 Å². The van der Waals surface area contributed by atoms with Crippen LogP contribution in [-0.2, 0) is 4.79 Å². The summed E-state index contributed by atoms with van der Waals surface area (Å²) in [7, 11) is -1.36. The molecule has 0 saturated carbocycles. The number of aliphatic carboxylic acids is 1. The average Bonchev–Trinajstić information content (AvgIpc) is 2.34. The molecule has 0 atom stereocenters. The van der Waals surface area contributed by atoms with E-state index in [1.54, 1.807) is 0 Å². The molecule has 1 aromatic carbocycles. The minimum Gasteiger partial charge on any atom is -0.481 e. The van der Waals surface area contributed by atoms with Gasteiger partial charge in [0.2, 0.25) is 0 Å². The Balaban J connectivity index is 2.38. The van der Waals surface area contributed by atoms with Crippen molar-refractivity contribution in [3.8, 4) is 0 Å². The summed E-state index contributed by atoms with van der Waals surface area (Å²) in [6, 6.07) is 11.8. The van der Waals surface area contributed by atoms with E-state index in [1.807, 2.05) is 0 Å². The van der Waals surface area contributed by atoms with E-state index in [0.717, 1.165) is 18.9 Å². The maximum absolute atomic E-state index is 10.4. The Morgan fingerprint density at radius 2 is 1.89 bits per heavy atom. The van der Waals surface area contributed by atoms with Crippen molar-refractivity contribution in [2.75, 3.05) is 0 Å². The predicted molar refractivity (Wildman–Crippen MR) is 79.0 cm³/mol. The minimum atomic E-state index is -1.36. The summed E-state index contributed by atoms with van der Waals surface area (Å²) in [5.41, 5.74) is 0. The lowest BCUT2D eigenvalue weighted by atomic mass is 10.2. The van der Waals surface area contributed by atoms with Crippen molar-refractivity contribution in [3.63, 3.8) is 0 Å². The second-order valence-corrected chi connectivity index (χ2v) is 9.96. The molecule has 0 heterocycles. The molecule has 0 aliphatic carbocycles. The summed E-state index contributed by atoms with van der Waals surface area (Å²) < 4.78 is 0. The summed E-state index contributed by atoms with van der Waals surface area (Å²) in [5, 5.41) is 10.0. The molecule has 1 N–H and O–H groups in total.